The monoisotopic (exact) mass is 390 g/mol. The number of anilines is 2. The molecule has 3 aromatic rings. The largest absolute Gasteiger partial charge is 0.382 e. The molecule has 0 aliphatic carbocycles. The van der Waals surface area contributed by atoms with Crippen molar-refractivity contribution in [2.75, 3.05) is 31.7 Å². The van der Waals surface area contributed by atoms with Crippen molar-refractivity contribution in [1.82, 2.24) is 19.9 Å². The third-order valence-corrected chi connectivity index (χ3v) is 4.44. The third-order valence-electron chi connectivity index (χ3n) is 4.44. The fourth-order valence-corrected chi connectivity index (χ4v) is 2.71. The number of nitrogens with zero attached hydrogens (tertiary/aromatic N) is 4. The summed E-state index contributed by atoms with van der Waals surface area (Å²) in [6, 6.07) is 9.04. The maximum Gasteiger partial charge on any atom is 0.263 e. The number of hydrogen-bond acceptors (Lipinski definition) is 7. The molecule has 2 heterocycles. The Morgan fingerprint density at radius 1 is 1.34 bits per heavy atom. The van der Waals surface area contributed by atoms with E-state index < -0.39 is 12.0 Å². The lowest BCUT2D eigenvalue weighted by Gasteiger charge is -2.15. The summed E-state index contributed by atoms with van der Waals surface area (Å²) in [6.45, 7) is 2.32. The Morgan fingerprint density at radius 3 is 2.86 bits per heavy atom. The van der Waals surface area contributed by atoms with E-state index in [0.29, 0.717) is 35.1 Å². The van der Waals surface area contributed by atoms with Gasteiger partial charge in [0, 0.05) is 43.4 Å². The molecule has 0 saturated heterocycles. The van der Waals surface area contributed by atoms with Gasteiger partial charge in [0.05, 0.1) is 0 Å². The Hall–Kier alpha value is -3.70. The summed E-state index contributed by atoms with van der Waals surface area (Å²) in [7, 11) is 3.39. The molecule has 0 saturated carbocycles. The van der Waals surface area contributed by atoms with Crippen LogP contribution < -0.4 is 11.1 Å². The lowest BCUT2D eigenvalue weighted by Crippen LogP contribution is -2.35. The van der Waals surface area contributed by atoms with Crippen LogP contribution in [0.25, 0.3) is 22.3 Å². The Labute approximate surface area is 168 Å². The molecule has 4 N–H and O–H groups in total. The predicted octanol–water partition coefficient (Wildman–Crippen LogP) is 1.51. The standard InChI is InChI=1S/C21H22N6O2/c1-4-27(3)21(29)16(28)9-8-13-6-5-7-14(12-13)19-25-17-15(20(23-2)26-19)10-11-24-18(17)22/h5-7,10-12,16,28H,4H2,1-3H3,(H2,22,24)(H,23,25,26)/t16-/m1/s1. The van der Waals surface area contributed by atoms with Gasteiger partial charge in [-0.05, 0) is 25.1 Å². The molecule has 2 aromatic heterocycles. The van der Waals surface area contributed by atoms with Gasteiger partial charge in [-0.25, -0.2) is 15.0 Å². The van der Waals surface area contributed by atoms with Gasteiger partial charge in [0.15, 0.2) is 11.9 Å². The van der Waals surface area contributed by atoms with Crippen LogP contribution in [-0.4, -0.2) is 57.6 Å². The number of carbonyl (C=O) groups is 1. The molecule has 0 fully saturated rings. The smallest absolute Gasteiger partial charge is 0.263 e. The normalized spacial score (nSPS) is 11.4. The zero-order chi connectivity index (χ0) is 21.0. The van der Waals surface area contributed by atoms with E-state index in [1.54, 1.807) is 38.5 Å². The van der Waals surface area contributed by atoms with Gasteiger partial charge in [0.25, 0.3) is 5.91 Å². The van der Waals surface area contributed by atoms with Gasteiger partial charge < -0.3 is 21.1 Å². The highest BCUT2D eigenvalue weighted by atomic mass is 16.3. The SMILES string of the molecule is CCN(C)C(=O)[C@H](O)C#Cc1cccc(-c2nc(NC)c3ccnc(N)c3n2)c1. The van der Waals surface area contributed by atoms with Gasteiger partial charge in [-0.15, -0.1) is 0 Å². The fourth-order valence-electron chi connectivity index (χ4n) is 2.71. The topological polar surface area (TPSA) is 117 Å². The number of nitrogens with two attached hydrogens (primary N) is 1. The molecular formula is C21H22N6O2. The minimum atomic E-state index is -1.37. The van der Waals surface area contributed by atoms with Crippen molar-refractivity contribution < 1.29 is 9.90 Å². The summed E-state index contributed by atoms with van der Waals surface area (Å²) in [5.41, 5.74) is 7.90. The van der Waals surface area contributed by atoms with E-state index in [9.17, 15) is 9.90 Å². The number of aromatic nitrogens is 3. The number of benzene rings is 1. The lowest BCUT2D eigenvalue weighted by atomic mass is 10.1. The van der Waals surface area contributed by atoms with Gasteiger partial charge >= 0.3 is 0 Å². The summed E-state index contributed by atoms with van der Waals surface area (Å²) >= 11 is 0. The number of likely N-dealkylation sites (N-methyl/N-ethyl adjacent to an activating group) is 1. The minimum absolute atomic E-state index is 0.320. The van der Waals surface area contributed by atoms with E-state index in [0.717, 1.165) is 10.9 Å². The minimum Gasteiger partial charge on any atom is -0.382 e. The third kappa shape index (κ3) is 4.25. The van der Waals surface area contributed by atoms with Crippen LogP contribution in [0.4, 0.5) is 11.6 Å². The molecule has 148 valence electrons. The molecule has 0 bridgehead atoms. The van der Waals surface area contributed by atoms with E-state index in [-0.39, 0.29) is 0 Å². The zero-order valence-electron chi connectivity index (χ0n) is 16.5. The van der Waals surface area contributed by atoms with E-state index >= 15 is 0 Å². The summed E-state index contributed by atoms with van der Waals surface area (Å²) in [6.07, 6.45) is 0.239. The van der Waals surface area contributed by atoms with Crippen LogP contribution in [-0.2, 0) is 4.79 Å². The van der Waals surface area contributed by atoms with Crippen molar-refractivity contribution in [3.05, 3.63) is 42.1 Å². The highest BCUT2D eigenvalue weighted by molar-refractivity contribution is 5.96. The van der Waals surface area contributed by atoms with E-state index in [2.05, 4.69) is 32.1 Å². The molecule has 0 radical (unpaired) electrons. The van der Waals surface area contributed by atoms with Crippen molar-refractivity contribution in [3.8, 4) is 23.2 Å². The second-order valence-electron chi connectivity index (χ2n) is 6.34. The lowest BCUT2D eigenvalue weighted by molar-refractivity contribution is -0.135. The molecule has 1 atom stereocenters. The number of nitrogens with one attached hydrogen (secondary N) is 1. The van der Waals surface area contributed by atoms with Crippen molar-refractivity contribution in [2.45, 2.75) is 13.0 Å². The second kappa shape index (κ2) is 8.54. The first-order valence-corrected chi connectivity index (χ1v) is 9.09. The number of carbonyl (C=O) groups excluding carboxylic acids is 1. The maximum absolute atomic E-state index is 11.9. The van der Waals surface area contributed by atoms with E-state index in [1.807, 2.05) is 19.1 Å². The van der Waals surface area contributed by atoms with Gasteiger partial charge in [0.1, 0.15) is 17.2 Å². The molecule has 0 unspecified atom stereocenters. The highest BCUT2D eigenvalue weighted by Crippen LogP contribution is 2.27. The molecule has 29 heavy (non-hydrogen) atoms. The van der Waals surface area contributed by atoms with Gasteiger partial charge in [-0.1, -0.05) is 24.0 Å². The number of hydrogen-bond donors (Lipinski definition) is 3. The molecule has 8 heteroatoms. The number of aliphatic hydroxyl groups excluding tert-OH is 1. The number of nitrogen functional groups attached to an aromatic ring is 1. The molecule has 8 nitrogen and oxygen atoms in total. The summed E-state index contributed by atoms with van der Waals surface area (Å²) in [4.78, 5) is 26.6. The summed E-state index contributed by atoms with van der Waals surface area (Å²) < 4.78 is 0. The van der Waals surface area contributed by atoms with Crippen molar-refractivity contribution >= 4 is 28.4 Å². The highest BCUT2D eigenvalue weighted by Gasteiger charge is 2.15. The molecular weight excluding hydrogens is 368 g/mol. The number of rotatable bonds is 4. The molecule has 1 amide bonds. The number of fused-ring (bicyclic) bond motifs is 1. The average molecular weight is 390 g/mol. The molecule has 3 rings (SSSR count). The van der Waals surface area contributed by atoms with E-state index in [1.165, 1.54) is 4.90 Å². The first kappa shape index (κ1) is 20.0. The summed E-state index contributed by atoms with van der Waals surface area (Å²) in [5, 5.41) is 13.8. The van der Waals surface area contributed by atoms with Crippen LogP contribution in [0.2, 0.25) is 0 Å². The van der Waals surface area contributed by atoms with Gasteiger partial charge in [0.2, 0.25) is 0 Å². The van der Waals surface area contributed by atoms with Crippen LogP contribution in [0.1, 0.15) is 12.5 Å². The number of pyridine rings is 1. The van der Waals surface area contributed by atoms with Crippen molar-refractivity contribution in [1.29, 1.82) is 0 Å². The Bertz CT molecular complexity index is 1120. The quantitative estimate of drug-likeness (QED) is 0.578. The number of amides is 1. The second-order valence-corrected chi connectivity index (χ2v) is 6.34. The zero-order valence-corrected chi connectivity index (χ0v) is 16.5. The fraction of sp³-hybridized carbons (Fsp3) is 0.238. The van der Waals surface area contributed by atoms with E-state index in [4.69, 9.17) is 5.73 Å². The van der Waals surface area contributed by atoms with Gasteiger partial charge in [-0.3, -0.25) is 4.79 Å². The number of aliphatic hydroxyl groups is 1. The molecule has 0 spiro atoms. The van der Waals surface area contributed by atoms with Crippen LogP contribution in [0.5, 0.6) is 0 Å². The first-order valence-electron chi connectivity index (χ1n) is 9.09. The molecule has 0 aliphatic heterocycles. The molecule has 0 aliphatic rings. The Kier molecular flexibility index (Phi) is 5.90. The van der Waals surface area contributed by atoms with Gasteiger partial charge in [-0.2, -0.15) is 0 Å². The Morgan fingerprint density at radius 2 is 2.14 bits per heavy atom. The van der Waals surface area contributed by atoms with Crippen molar-refractivity contribution in [3.63, 3.8) is 0 Å². The maximum atomic E-state index is 11.9. The van der Waals surface area contributed by atoms with Crippen molar-refractivity contribution in [2.24, 2.45) is 0 Å². The first-order chi connectivity index (χ1) is 13.9. The van der Waals surface area contributed by atoms with Crippen LogP contribution in [0.3, 0.4) is 0 Å². The van der Waals surface area contributed by atoms with Crippen LogP contribution in [0.15, 0.2) is 36.5 Å². The molecule has 1 aromatic carbocycles. The predicted molar refractivity (Wildman–Crippen MR) is 113 cm³/mol. The summed E-state index contributed by atoms with van der Waals surface area (Å²) in [5.74, 6) is 6.41. The van der Waals surface area contributed by atoms with Crippen LogP contribution in [0, 0.1) is 11.8 Å². The average Bonchev–Trinajstić information content (AvgIpc) is 2.76. The Balaban J connectivity index is 1.98. The van der Waals surface area contributed by atoms with Crippen LogP contribution >= 0.6 is 0 Å².